The minimum Gasteiger partial charge on any atom is -0.0654 e. The Morgan fingerprint density at radius 1 is 0.667 bits per heavy atom. The molecule has 4 atom stereocenters. The Morgan fingerprint density at radius 3 is 1.50 bits per heavy atom. The maximum absolute atomic E-state index is 2.35. The molecular weight excluding hydrogens is 216 g/mol. The highest BCUT2D eigenvalue weighted by Crippen LogP contribution is 2.49. The maximum atomic E-state index is 2.35. The molecule has 0 nitrogen and oxygen atoms in total. The summed E-state index contributed by atoms with van der Waals surface area (Å²) in [5, 5.41) is 0. The van der Waals surface area contributed by atoms with Crippen LogP contribution in [-0.2, 0) is 0 Å². The van der Waals surface area contributed by atoms with E-state index in [4.69, 9.17) is 0 Å². The van der Waals surface area contributed by atoms with Gasteiger partial charge in [0, 0.05) is 0 Å². The van der Waals surface area contributed by atoms with E-state index in [1.807, 2.05) is 0 Å². The van der Waals surface area contributed by atoms with Crippen molar-refractivity contribution >= 4 is 0 Å². The second-order valence-corrected chi connectivity index (χ2v) is 6.99. The lowest BCUT2D eigenvalue weighted by Gasteiger charge is -2.46. The lowest BCUT2D eigenvalue weighted by atomic mass is 9.59. The van der Waals surface area contributed by atoms with Crippen molar-refractivity contribution in [2.24, 2.45) is 23.7 Å². The van der Waals surface area contributed by atoms with Crippen LogP contribution in [0.5, 0.6) is 0 Å². The van der Waals surface area contributed by atoms with Crippen molar-refractivity contribution in [2.75, 3.05) is 0 Å². The van der Waals surface area contributed by atoms with E-state index in [1.165, 1.54) is 51.4 Å². The Labute approximate surface area is 115 Å². The molecule has 2 rings (SSSR count). The molecule has 0 heterocycles. The van der Waals surface area contributed by atoms with Crippen molar-refractivity contribution in [1.82, 2.24) is 0 Å². The molecule has 0 spiro atoms. The number of fused-ring (bicyclic) bond motifs is 1. The van der Waals surface area contributed by atoms with E-state index >= 15 is 0 Å². The zero-order valence-electron chi connectivity index (χ0n) is 12.8. The van der Waals surface area contributed by atoms with Crippen molar-refractivity contribution in [3.8, 4) is 0 Å². The van der Waals surface area contributed by atoms with Gasteiger partial charge in [-0.15, -0.1) is 0 Å². The highest BCUT2D eigenvalue weighted by molar-refractivity contribution is 4.89. The van der Waals surface area contributed by atoms with Crippen LogP contribution in [0.25, 0.3) is 0 Å². The molecule has 4 unspecified atom stereocenters. The Kier molecular flexibility index (Phi) is 6.05. The standard InChI is InChI=1S/C18H34/c1-3-5-9-15-13-14-16(10-6-4-2)18-12-8-7-11-17(15)18/h15-18H,3-14H2,1-2H3. The molecule has 0 amide bonds. The molecule has 0 saturated heterocycles. The van der Waals surface area contributed by atoms with E-state index in [-0.39, 0.29) is 0 Å². The van der Waals surface area contributed by atoms with Crippen LogP contribution in [0.4, 0.5) is 0 Å². The monoisotopic (exact) mass is 250 g/mol. The fourth-order valence-electron chi connectivity index (χ4n) is 4.86. The van der Waals surface area contributed by atoms with E-state index in [1.54, 1.807) is 25.7 Å². The first kappa shape index (κ1) is 14.4. The van der Waals surface area contributed by atoms with E-state index < -0.39 is 0 Å². The van der Waals surface area contributed by atoms with Gasteiger partial charge in [-0.3, -0.25) is 0 Å². The van der Waals surface area contributed by atoms with Gasteiger partial charge in [0.05, 0.1) is 0 Å². The summed E-state index contributed by atoms with van der Waals surface area (Å²) in [6.45, 7) is 4.70. The molecule has 0 aliphatic heterocycles. The van der Waals surface area contributed by atoms with Gasteiger partial charge in [-0.1, -0.05) is 65.2 Å². The van der Waals surface area contributed by atoms with Gasteiger partial charge < -0.3 is 0 Å². The predicted molar refractivity (Wildman–Crippen MR) is 80.7 cm³/mol. The largest absolute Gasteiger partial charge is 0.0654 e. The normalized spacial score (nSPS) is 36.3. The average molecular weight is 250 g/mol. The maximum Gasteiger partial charge on any atom is -0.0355 e. The third-order valence-corrected chi connectivity index (χ3v) is 5.85. The summed E-state index contributed by atoms with van der Waals surface area (Å²) in [6.07, 6.45) is 18.2. The Morgan fingerprint density at radius 2 is 1.11 bits per heavy atom. The minimum atomic E-state index is 1.10. The SMILES string of the molecule is CCCCC1CCC(CCCC)C2CCCCC12. The van der Waals surface area contributed by atoms with Crippen molar-refractivity contribution < 1.29 is 0 Å². The van der Waals surface area contributed by atoms with Crippen LogP contribution in [0.15, 0.2) is 0 Å². The summed E-state index contributed by atoms with van der Waals surface area (Å²) in [7, 11) is 0. The van der Waals surface area contributed by atoms with Crippen molar-refractivity contribution in [2.45, 2.75) is 90.9 Å². The van der Waals surface area contributed by atoms with Gasteiger partial charge in [0.15, 0.2) is 0 Å². The summed E-state index contributed by atoms with van der Waals surface area (Å²) >= 11 is 0. The first-order valence-corrected chi connectivity index (χ1v) is 8.86. The Hall–Kier alpha value is 0. The summed E-state index contributed by atoms with van der Waals surface area (Å²) in [5.74, 6) is 4.46. The molecular formula is C18H34. The third kappa shape index (κ3) is 3.52. The molecule has 2 fully saturated rings. The Bertz CT molecular complexity index is 196. The highest BCUT2D eigenvalue weighted by Gasteiger charge is 2.39. The van der Waals surface area contributed by atoms with Crippen molar-refractivity contribution in [3.05, 3.63) is 0 Å². The summed E-state index contributed by atoms with van der Waals surface area (Å²) in [4.78, 5) is 0. The molecule has 0 N–H and O–H groups in total. The smallest absolute Gasteiger partial charge is 0.0355 e. The molecule has 2 aliphatic rings. The van der Waals surface area contributed by atoms with Crippen LogP contribution in [0.2, 0.25) is 0 Å². The van der Waals surface area contributed by atoms with Crippen LogP contribution < -0.4 is 0 Å². The average Bonchev–Trinajstić information content (AvgIpc) is 2.43. The topological polar surface area (TPSA) is 0 Å². The molecule has 0 radical (unpaired) electrons. The highest BCUT2D eigenvalue weighted by atomic mass is 14.4. The van der Waals surface area contributed by atoms with Crippen molar-refractivity contribution in [3.63, 3.8) is 0 Å². The molecule has 0 aromatic carbocycles. The van der Waals surface area contributed by atoms with E-state index in [0.717, 1.165) is 23.7 Å². The van der Waals surface area contributed by atoms with Gasteiger partial charge in [0.2, 0.25) is 0 Å². The van der Waals surface area contributed by atoms with Gasteiger partial charge in [0.25, 0.3) is 0 Å². The summed E-state index contributed by atoms with van der Waals surface area (Å²) in [6, 6.07) is 0. The van der Waals surface area contributed by atoms with Gasteiger partial charge in [-0.05, 0) is 49.4 Å². The molecule has 0 heteroatoms. The number of hydrogen-bond acceptors (Lipinski definition) is 0. The Balaban J connectivity index is 1.92. The zero-order chi connectivity index (χ0) is 12.8. The van der Waals surface area contributed by atoms with Crippen LogP contribution in [0.1, 0.15) is 90.9 Å². The first-order chi connectivity index (χ1) is 8.86. The molecule has 0 aromatic rings. The van der Waals surface area contributed by atoms with Gasteiger partial charge in [-0.25, -0.2) is 0 Å². The van der Waals surface area contributed by atoms with Crippen LogP contribution >= 0.6 is 0 Å². The minimum absolute atomic E-state index is 1.10. The first-order valence-electron chi connectivity index (χ1n) is 8.86. The van der Waals surface area contributed by atoms with E-state index in [2.05, 4.69) is 13.8 Å². The molecule has 2 aliphatic carbocycles. The second-order valence-electron chi connectivity index (χ2n) is 6.99. The lowest BCUT2D eigenvalue weighted by molar-refractivity contribution is 0.0402. The van der Waals surface area contributed by atoms with Crippen LogP contribution in [0.3, 0.4) is 0 Å². The molecule has 0 aromatic heterocycles. The number of unbranched alkanes of at least 4 members (excludes halogenated alkanes) is 2. The third-order valence-electron chi connectivity index (χ3n) is 5.85. The number of rotatable bonds is 6. The number of hydrogen-bond donors (Lipinski definition) is 0. The fraction of sp³-hybridized carbons (Fsp3) is 1.00. The molecule has 0 bridgehead atoms. The molecule has 2 saturated carbocycles. The van der Waals surface area contributed by atoms with Gasteiger partial charge >= 0.3 is 0 Å². The summed E-state index contributed by atoms with van der Waals surface area (Å²) < 4.78 is 0. The van der Waals surface area contributed by atoms with E-state index in [0.29, 0.717) is 0 Å². The van der Waals surface area contributed by atoms with Crippen LogP contribution in [0, 0.1) is 23.7 Å². The molecule has 106 valence electrons. The second kappa shape index (κ2) is 7.56. The van der Waals surface area contributed by atoms with Crippen LogP contribution in [-0.4, -0.2) is 0 Å². The van der Waals surface area contributed by atoms with E-state index in [9.17, 15) is 0 Å². The predicted octanol–water partition coefficient (Wildman–Crippen LogP) is 6.20. The lowest BCUT2D eigenvalue weighted by Crippen LogP contribution is -2.37. The quantitative estimate of drug-likeness (QED) is 0.526. The van der Waals surface area contributed by atoms with Gasteiger partial charge in [-0.2, -0.15) is 0 Å². The van der Waals surface area contributed by atoms with Crippen molar-refractivity contribution in [1.29, 1.82) is 0 Å². The van der Waals surface area contributed by atoms with Gasteiger partial charge in [0.1, 0.15) is 0 Å². The molecule has 18 heavy (non-hydrogen) atoms. The zero-order valence-corrected chi connectivity index (χ0v) is 12.8. The fourth-order valence-corrected chi connectivity index (χ4v) is 4.86. The summed E-state index contributed by atoms with van der Waals surface area (Å²) in [5.41, 5.74) is 0.